The molecule has 26 heavy (non-hydrogen) atoms. The topological polar surface area (TPSA) is 62.1 Å². The number of thioether (sulfide) groups is 1. The molecular formula is C19H23ClN2O3S. The fourth-order valence-corrected chi connectivity index (χ4v) is 4.00. The van der Waals surface area contributed by atoms with Gasteiger partial charge in [0.2, 0.25) is 0 Å². The van der Waals surface area contributed by atoms with Crippen LogP contribution in [0.4, 0.5) is 0 Å². The van der Waals surface area contributed by atoms with Gasteiger partial charge in [0.15, 0.2) is 5.78 Å². The van der Waals surface area contributed by atoms with Crippen molar-refractivity contribution in [3.05, 3.63) is 50.5 Å². The number of nitrogens with zero attached hydrogens (tertiary/aromatic N) is 2. The van der Waals surface area contributed by atoms with E-state index in [9.17, 15) is 4.79 Å². The number of halogens is 1. The van der Waals surface area contributed by atoms with Crippen LogP contribution in [0, 0.1) is 0 Å². The van der Waals surface area contributed by atoms with Crippen LogP contribution in [0.3, 0.4) is 0 Å². The summed E-state index contributed by atoms with van der Waals surface area (Å²) in [6.07, 6.45) is 3.63. The second-order valence-electron chi connectivity index (χ2n) is 5.90. The summed E-state index contributed by atoms with van der Waals surface area (Å²) in [4.78, 5) is 15.8. The minimum atomic E-state index is -0.180. The molecule has 1 aliphatic rings. The summed E-state index contributed by atoms with van der Waals surface area (Å²) in [6, 6.07) is 4.98. The Hall–Kier alpha value is -1.92. The molecule has 0 radical (unpaired) electrons. The molecule has 0 fully saturated rings. The fraction of sp³-hybridized carbons (Fsp3) is 0.368. The summed E-state index contributed by atoms with van der Waals surface area (Å²) < 4.78 is 5.28. The lowest BCUT2D eigenvalue weighted by atomic mass is 10.1. The van der Waals surface area contributed by atoms with E-state index in [-0.39, 0.29) is 5.78 Å². The number of ether oxygens (including phenoxy) is 1. The van der Waals surface area contributed by atoms with Gasteiger partial charge in [-0.1, -0.05) is 41.9 Å². The molecule has 0 saturated carbocycles. The van der Waals surface area contributed by atoms with E-state index in [4.69, 9.17) is 21.5 Å². The normalized spacial score (nSPS) is 16.6. The standard InChI is InChI=1S/C19H23ClN2O3S/c1-5-6-9-22-13(3)19(12(2)21-24)26-18(22)11-16(23)15-10-14(20)7-8-17(15)25-4/h7-8,10-11,24H,5-6,9H2,1-4H3/b18-11-,21-12-. The van der Waals surface area contributed by atoms with Crippen LogP contribution in [-0.4, -0.2) is 35.3 Å². The highest BCUT2D eigenvalue weighted by Crippen LogP contribution is 2.42. The molecule has 0 unspecified atom stereocenters. The molecule has 1 aliphatic heterocycles. The lowest BCUT2D eigenvalue weighted by Crippen LogP contribution is -2.18. The van der Waals surface area contributed by atoms with Crippen LogP contribution in [0.5, 0.6) is 5.75 Å². The van der Waals surface area contributed by atoms with Crippen molar-refractivity contribution < 1.29 is 14.7 Å². The van der Waals surface area contributed by atoms with Gasteiger partial charge in [0.25, 0.3) is 0 Å². The van der Waals surface area contributed by atoms with Gasteiger partial charge in [0, 0.05) is 23.3 Å². The summed E-state index contributed by atoms with van der Waals surface area (Å²) in [5.74, 6) is 0.304. The Kier molecular flexibility index (Phi) is 7.17. The maximum Gasteiger partial charge on any atom is 0.192 e. The van der Waals surface area contributed by atoms with Crippen molar-refractivity contribution in [2.75, 3.05) is 13.7 Å². The summed E-state index contributed by atoms with van der Waals surface area (Å²) in [5.41, 5.74) is 1.93. The monoisotopic (exact) mass is 394 g/mol. The molecule has 140 valence electrons. The van der Waals surface area contributed by atoms with Gasteiger partial charge < -0.3 is 14.8 Å². The second kappa shape index (κ2) is 9.14. The highest BCUT2D eigenvalue weighted by molar-refractivity contribution is 8.07. The van der Waals surface area contributed by atoms with Crippen molar-refractivity contribution in [1.82, 2.24) is 4.90 Å². The van der Waals surface area contributed by atoms with E-state index in [1.165, 1.54) is 18.9 Å². The maximum absolute atomic E-state index is 12.9. The smallest absolute Gasteiger partial charge is 0.192 e. The number of methoxy groups -OCH3 is 1. The number of allylic oxidation sites excluding steroid dienone is 3. The first kappa shape index (κ1) is 20.4. The third kappa shape index (κ3) is 4.43. The van der Waals surface area contributed by atoms with E-state index >= 15 is 0 Å². The molecule has 0 bridgehead atoms. The van der Waals surface area contributed by atoms with Crippen molar-refractivity contribution in [3.8, 4) is 5.75 Å². The number of hydrogen-bond acceptors (Lipinski definition) is 6. The van der Waals surface area contributed by atoms with E-state index in [1.807, 2.05) is 6.92 Å². The molecule has 0 aliphatic carbocycles. The molecule has 5 nitrogen and oxygen atoms in total. The lowest BCUT2D eigenvalue weighted by molar-refractivity contribution is 0.104. The summed E-state index contributed by atoms with van der Waals surface area (Å²) in [6.45, 7) is 6.63. The van der Waals surface area contributed by atoms with E-state index in [0.717, 1.165) is 35.0 Å². The van der Waals surface area contributed by atoms with E-state index in [0.29, 0.717) is 22.0 Å². The third-order valence-electron chi connectivity index (χ3n) is 4.10. The molecule has 2 rings (SSSR count). The van der Waals surface area contributed by atoms with Crippen LogP contribution in [0.15, 0.2) is 45.1 Å². The zero-order chi connectivity index (χ0) is 19.3. The van der Waals surface area contributed by atoms with Gasteiger partial charge in [-0.15, -0.1) is 0 Å². The Balaban J connectivity index is 2.39. The molecular weight excluding hydrogens is 372 g/mol. The van der Waals surface area contributed by atoms with Gasteiger partial charge in [0.05, 0.1) is 28.3 Å². The van der Waals surface area contributed by atoms with Crippen LogP contribution < -0.4 is 4.74 Å². The largest absolute Gasteiger partial charge is 0.496 e. The SMILES string of the molecule is CCCCN1C(C)=C(/C(C)=N\O)S/C1=C\C(=O)c1cc(Cl)ccc1OC. The predicted octanol–water partition coefficient (Wildman–Crippen LogP) is 5.30. The highest BCUT2D eigenvalue weighted by atomic mass is 35.5. The van der Waals surface area contributed by atoms with Gasteiger partial charge in [-0.2, -0.15) is 0 Å². The summed E-state index contributed by atoms with van der Waals surface area (Å²) >= 11 is 7.47. The Morgan fingerprint density at radius 3 is 2.81 bits per heavy atom. The van der Waals surface area contributed by atoms with Gasteiger partial charge in [-0.3, -0.25) is 4.79 Å². The molecule has 1 aromatic carbocycles. The predicted molar refractivity (Wildman–Crippen MR) is 107 cm³/mol. The molecule has 0 aromatic heterocycles. The van der Waals surface area contributed by atoms with Crippen molar-refractivity contribution in [2.45, 2.75) is 33.6 Å². The van der Waals surface area contributed by atoms with Crippen LogP contribution in [-0.2, 0) is 0 Å². The zero-order valence-corrected chi connectivity index (χ0v) is 16.9. The van der Waals surface area contributed by atoms with E-state index < -0.39 is 0 Å². The van der Waals surface area contributed by atoms with Crippen LogP contribution in [0.25, 0.3) is 0 Å². The van der Waals surface area contributed by atoms with Gasteiger partial charge in [0.1, 0.15) is 5.75 Å². The molecule has 1 N–H and O–H groups in total. The zero-order valence-electron chi connectivity index (χ0n) is 15.4. The first-order valence-electron chi connectivity index (χ1n) is 8.37. The van der Waals surface area contributed by atoms with Crippen LogP contribution in [0.2, 0.25) is 5.02 Å². The van der Waals surface area contributed by atoms with Crippen molar-refractivity contribution in [3.63, 3.8) is 0 Å². The van der Waals surface area contributed by atoms with Crippen molar-refractivity contribution in [2.24, 2.45) is 5.16 Å². The average molecular weight is 395 g/mol. The maximum atomic E-state index is 12.9. The number of rotatable bonds is 7. The van der Waals surface area contributed by atoms with Crippen molar-refractivity contribution in [1.29, 1.82) is 0 Å². The molecule has 0 saturated heterocycles. The number of carbonyl (C=O) groups is 1. The minimum Gasteiger partial charge on any atom is -0.496 e. The Morgan fingerprint density at radius 1 is 1.46 bits per heavy atom. The highest BCUT2D eigenvalue weighted by Gasteiger charge is 2.28. The fourth-order valence-electron chi connectivity index (χ4n) is 2.67. The Labute approximate surface area is 163 Å². The number of oxime groups is 1. The van der Waals surface area contributed by atoms with Gasteiger partial charge in [-0.25, -0.2) is 0 Å². The lowest BCUT2D eigenvalue weighted by Gasteiger charge is -2.21. The quantitative estimate of drug-likeness (QED) is 0.223. The average Bonchev–Trinajstić information content (AvgIpc) is 2.94. The van der Waals surface area contributed by atoms with Crippen LogP contribution in [0.1, 0.15) is 44.0 Å². The molecule has 0 atom stereocenters. The number of hydrogen-bond donors (Lipinski definition) is 1. The van der Waals surface area contributed by atoms with Crippen molar-refractivity contribution >= 4 is 34.9 Å². The molecule has 0 spiro atoms. The first-order valence-corrected chi connectivity index (χ1v) is 9.57. The van der Waals surface area contributed by atoms with E-state index in [1.54, 1.807) is 31.2 Å². The van der Waals surface area contributed by atoms with Crippen LogP contribution >= 0.6 is 23.4 Å². The number of benzene rings is 1. The molecule has 7 heteroatoms. The van der Waals surface area contributed by atoms with Gasteiger partial charge in [-0.05, 0) is 38.5 Å². The Morgan fingerprint density at radius 2 is 2.19 bits per heavy atom. The Bertz CT molecular complexity index is 787. The second-order valence-corrected chi connectivity index (χ2v) is 7.37. The molecule has 0 amide bonds. The molecule has 1 heterocycles. The van der Waals surface area contributed by atoms with Gasteiger partial charge >= 0.3 is 0 Å². The number of ketones is 1. The minimum absolute atomic E-state index is 0.180. The molecule has 1 aromatic rings. The number of carbonyl (C=O) groups excluding carboxylic acids is 1. The summed E-state index contributed by atoms with van der Waals surface area (Å²) in [7, 11) is 1.52. The number of unbranched alkanes of at least 4 members (excludes halogenated alkanes) is 1. The summed E-state index contributed by atoms with van der Waals surface area (Å²) in [5, 5.41) is 13.7. The first-order chi connectivity index (χ1) is 12.4. The third-order valence-corrected chi connectivity index (χ3v) is 5.68. The van der Waals surface area contributed by atoms with E-state index in [2.05, 4.69) is 17.0 Å².